The predicted molar refractivity (Wildman–Crippen MR) is 93.9 cm³/mol. The van der Waals surface area contributed by atoms with E-state index in [1.807, 2.05) is 13.8 Å². The summed E-state index contributed by atoms with van der Waals surface area (Å²) in [6, 6.07) is 5.18. The molecule has 0 radical (unpaired) electrons. The Labute approximate surface area is 137 Å². The van der Waals surface area contributed by atoms with Crippen LogP contribution in [0.2, 0.25) is 0 Å². The van der Waals surface area contributed by atoms with E-state index in [4.69, 9.17) is 10.9 Å². The summed E-state index contributed by atoms with van der Waals surface area (Å²) in [6.07, 6.45) is 1.58. The van der Waals surface area contributed by atoms with Gasteiger partial charge >= 0.3 is 0 Å². The van der Waals surface area contributed by atoms with Gasteiger partial charge in [-0.25, -0.2) is 0 Å². The molecule has 1 aromatic rings. The normalized spacial score (nSPS) is 9.75. The van der Waals surface area contributed by atoms with E-state index in [0.717, 1.165) is -0.0619 Å². The van der Waals surface area contributed by atoms with Gasteiger partial charge in [0.1, 0.15) is 5.63 Å². The molecule has 0 fully saturated rings. The lowest BCUT2D eigenvalue weighted by atomic mass is 10.3. The molecule has 1 aromatic heterocycles. The van der Waals surface area contributed by atoms with Gasteiger partial charge in [-0.3, -0.25) is 4.98 Å². The van der Waals surface area contributed by atoms with Crippen molar-refractivity contribution in [3.8, 4) is 0 Å². The molecular formula is C9H14I3N3O. The SMILES string of the molecule is CC.IC(I)I.NC(=NO)c1ccccn1. The van der Waals surface area contributed by atoms with Gasteiger partial charge in [-0.2, -0.15) is 0 Å². The van der Waals surface area contributed by atoms with Crippen LogP contribution in [-0.4, -0.2) is 16.0 Å². The van der Waals surface area contributed by atoms with Crippen LogP contribution >= 0.6 is 67.8 Å². The smallest absolute Gasteiger partial charge is 0.188 e. The number of rotatable bonds is 1. The molecule has 0 saturated carbocycles. The maximum atomic E-state index is 8.21. The van der Waals surface area contributed by atoms with Crippen LogP contribution in [0.4, 0.5) is 0 Å². The third-order valence-electron chi connectivity index (χ3n) is 1.04. The standard InChI is InChI=1S/C6H7N3O.C2H6.CHI3/c7-6(9-10)5-3-1-2-4-8-5;1-2;2-1(3)4/h1-4,10H,(H2,7,9);1-2H3;1H. The van der Waals surface area contributed by atoms with Crippen molar-refractivity contribution in [2.45, 2.75) is 13.8 Å². The van der Waals surface area contributed by atoms with E-state index in [0.29, 0.717) is 5.69 Å². The van der Waals surface area contributed by atoms with Crippen molar-refractivity contribution in [3.63, 3.8) is 0 Å². The van der Waals surface area contributed by atoms with Gasteiger partial charge in [0, 0.05) is 6.20 Å². The van der Waals surface area contributed by atoms with Gasteiger partial charge in [-0.05, 0) is 12.1 Å². The number of pyridine rings is 1. The molecule has 1 heterocycles. The predicted octanol–water partition coefficient (Wildman–Crippen LogP) is 3.78. The zero-order valence-electron chi connectivity index (χ0n) is 8.94. The average Bonchev–Trinajstić information content (AvgIpc) is 2.31. The van der Waals surface area contributed by atoms with Gasteiger partial charge < -0.3 is 10.9 Å². The van der Waals surface area contributed by atoms with E-state index in [1.165, 1.54) is 0 Å². The van der Waals surface area contributed by atoms with Crippen LogP contribution in [0.25, 0.3) is 0 Å². The highest BCUT2D eigenvalue weighted by Crippen LogP contribution is 2.16. The van der Waals surface area contributed by atoms with Crippen molar-refractivity contribution in [1.82, 2.24) is 4.98 Å². The Kier molecular flexibility index (Phi) is 16.2. The first kappa shape index (κ1) is 19.0. The number of nitrogens with zero attached hydrogens (tertiary/aromatic N) is 2. The fourth-order valence-corrected chi connectivity index (χ4v) is 0.566. The van der Waals surface area contributed by atoms with E-state index in [2.05, 4.69) is 77.9 Å². The molecule has 16 heavy (non-hydrogen) atoms. The summed E-state index contributed by atoms with van der Waals surface area (Å²) < 4.78 is 0.743. The second kappa shape index (κ2) is 13.7. The van der Waals surface area contributed by atoms with Crippen LogP contribution in [-0.2, 0) is 0 Å². The largest absolute Gasteiger partial charge is 0.409 e. The number of nitrogens with two attached hydrogens (primary N) is 1. The van der Waals surface area contributed by atoms with Crippen LogP contribution in [0, 0.1) is 0 Å². The first-order valence-corrected chi connectivity index (χ1v) is 8.12. The molecule has 0 amide bonds. The molecule has 0 atom stereocenters. The quantitative estimate of drug-likeness (QED) is 0.137. The summed E-state index contributed by atoms with van der Waals surface area (Å²) in [4.78, 5) is 3.83. The summed E-state index contributed by atoms with van der Waals surface area (Å²) in [5, 5.41) is 11.0. The minimum absolute atomic E-state index is 0.0283. The number of hydrogen-bond donors (Lipinski definition) is 2. The lowest BCUT2D eigenvalue weighted by molar-refractivity contribution is 0.318. The molecule has 4 nitrogen and oxygen atoms in total. The Balaban J connectivity index is 0. The van der Waals surface area contributed by atoms with Crippen molar-refractivity contribution in [2.75, 3.05) is 0 Å². The maximum Gasteiger partial charge on any atom is 0.188 e. The summed E-state index contributed by atoms with van der Waals surface area (Å²) in [5.41, 5.74) is 5.71. The Bertz CT molecular complexity index is 278. The highest BCUT2D eigenvalue weighted by molar-refractivity contribution is 14.3. The monoisotopic (exact) mass is 561 g/mol. The van der Waals surface area contributed by atoms with Gasteiger partial charge in [0.2, 0.25) is 0 Å². The molecule has 1 rings (SSSR count). The number of hydrogen-bond acceptors (Lipinski definition) is 3. The van der Waals surface area contributed by atoms with E-state index >= 15 is 0 Å². The van der Waals surface area contributed by atoms with Crippen molar-refractivity contribution in [1.29, 1.82) is 0 Å². The number of oxime groups is 1. The molecule has 0 aliphatic carbocycles. The lowest BCUT2D eigenvalue weighted by Crippen LogP contribution is -2.14. The summed E-state index contributed by atoms with van der Waals surface area (Å²) in [6.45, 7) is 4.00. The molecule has 7 heteroatoms. The molecule has 0 aromatic carbocycles. The van der Waals surface area contributed by atoms with Crippen LogP contribution in [0.3, 0.4) is 0 Å². The molecule has 3 N–H and O–H groups in total. The highest BCUT2D eigenvalue weighted by Gasteiger charge is 1.95. The molecule has 0 bridgehead atoms. The molecule has 0 spiro atoms. The number of alkyl halides is 3. The third kappa shape index (κ3) is 12.7. The van der Waals surface area contributed by atoms with E-state index in [-0.39, 0.29) is 5.84 Å². The topological polar surface area (TPSA) is 71.5 Å². The van der Waals surface area contributed by atoms with Crippen LogP contribution in [0.5, 0.6) is 0 Å². The zero-order valence-corrected chi connectivity index (χ0v) is 15.4. The number of amidine groups is 1. The second-order valence-electron chi connectivity index (χ2n) is 1.95. The van der Waals surface area contributed by atoms with Crippen molar-refractivity contribution in [3.05, 3.63) is 30.1 Å². The summed E-state index contributed by atoms with van der Waals surface area (Å²) >= 11 is 6.95. The molecule has 0 unspecified atom stereocenters. The van der Waals surface area contributed by atoms with Gasteiger partial charge in [0.25, 0.3) is 0 Å². The number of aromatic nitrogens is 1. The lowest BCUT2D eigenvalue weighted by Gasteiger charge is -1.93. The van der Waals surface area contributed by atoms with Gasteiger partial charge in [0.05, 0.1) is 0 Å². The molecule has 0 aliphatic heterocycles. The average molecular weight is 561 g/mol. The van der Waals surface area contributed by atoms with E-state index < -0.39 is 0 Å². The van der Waals surface area contributed by atoms with E-state index in [9.17, 15) is 0 Å². The zero-order chi connectivity index (χ0) is 13.0. The fraction of sp³-hybridized carbons (Fsp3) is 0.333. The summed E-state index contributed by atoms with van der Waals surface area (Å²) in [7, 11) is 0. The Morgan fingerprint density at radius 1 is 1.38 bits per heavy atom. The minimum Gasteiger partial charge on any atom is -0.409 e. The van der Waals surface area contributed by atoms with Crippen molar-refractivity contribution >= 4 is 73.6 Å². The van der Waals surface area contributed by atoms with E-state index in [1.54, 1.807) is 24.4 Å². The van der Waals surface area contributed by atoms with Crippen molar-refractivity contribution in [2.24, 2.45) is 10.9 Å². The highest BCUT2D eigenvalue weighted by atomic mass is 127. The minimum atomic E-state index is 0.0283. The van der Waals surface area contributed by atoms with Crippen LogP contribution in [0.1, 0.15) is 19.5 Å². The molecule has 0 saturated heterocycles. The molecule has 92 valence electrons. The number of halogens is 3. The Morgan fingerprint density at radius 3 is 2.19 bits per heavy atom. The molecular weight excluding hydrogens is 547 g/mol. The van der Waals surface area contributed by atoms with Crippen molar-refractivity contribution < 1.29 is 5.21 Å². The first-order valence-electron chi connectivity index (χ1n) is 4.39. The second-order valence-corrected chi connectivity index (χ2v) is 12.8. The van der Waals surface area contributed by atoms with Gasteiger partial charge in [-0.15, -0.1) is 0 Å². The third-order valence-corrected chi connectivity index (χ3v) is 1.04. The maximum absolute atomic E-state index is 8.21. The van der Waals surface area contributed by atoms with Crippen LogP contribution in [0.15, 0.2) is 29.6 Å². The first-order chi connectivity index (χ1) is 7.57. The Hall–Kier alpha value is 0.610. The van der Waals surface area contributed by atoms with Crippen LogP contribution < -0.4 is 5.73 Å². The Morgan fingerprint density at radius 2 is 1.88 bits per heavy atom. The molecule has 0 aliphatic rings. The summed E-state index contributed by atoms with van der Waals surface area (Å²) in [5.74, 6) is 0.0283. The fourth-order valence-electron chi connectivity index (χ4n) is 0.566. The van der Waals surface area contributed by atoms with Gasteiger partial charge in [0.15, 0.2) is 5.84 Å². The van der Waals surface area contributed by atoms with Gasteiger partial charge in [-0.1, -0.05) is 92.8 Å².